The van der Waals surface area contributed by atoms with E-state index in [2.05, 4.69) is 20.3 Å². The zero-order chi connectivity index (χ0) is 18.1. The Balaban J connectivity index is 1.72. The third-order valence-electron chi connectivity index (χ3n) is 4.64. The summed E-state index contributed by atoms with van der Waals surface area (Å²) in [5.74, 6) is 2.10. The molecule has 0 spiro atoms. The normalized spacial score (nSPS) is 14.7. The molecule has 3 aromatic rings. The Morgan fingerprint density at radius 1 is 1.15 bits per heavy atom. The number of hydrogen-bond acceptors (Lipinski definition) is 6. The van der Waals surface area contributed by atoms with Crippen LogP contribution in [-0.4, -0.2) is 39.9 Å². The number of benzene rings is 1. The first-order chi connectivity index (χ1) is 12.7. The molecule has 0 bridgehead atoms. The highest BCUT2D eigenvalue weighted by Crippen LogP contribution is 2.31. The highest BCUT2D eigenvalue weighted by atomic mass is 35.5. The Labute approximate surface area is 156 Å². The van der Waals surface area contributed by atoms with E-state index in [0.717, 1.165) is 35.6 Å². The van der Waals surface area contributed by atoms with Gasteiger partial charge in [-0.15, -0.1) is 0 Å². The smallest absolute Gasteiger partial charge is 0.231 e. The zero-order valence-electron chi connectivity index (χ0n) is 14.9. The second-order valence-corrected chi connectivity index (χ2v) is 6.81. The summed E-state index contributed by atoms with van der Waals surface area (Å²) in [6.07, 6.45) is 5.48. The van der Waals surface area contributed by atoms with Crippen molar-refractivity contribution in [2.75, 3.05) is 30.4 Å². The standard InChI is InChI=1S/C18H21ClN6O/c1-24-16-13(11-20-24)17(25-8-4-3-5-9-25)23-18(22-16)21-12-6-7-15(26-2)14(19)10-12/h6-7,10-11H,3-5,8-9H2,1-2H3,(H,21,22,23). The third kappa shape index (κ3) is 3.14. The van der Waals surface area contributed by atoms with E-state index in [4.69, 9.17) is 21.3 Å². The molecule has 1 aliphatic rings. The molecule has 136 valence electrons. The number of anilines is 3. The van der Waals surface area contributed by atoms with Gasteiger partial charge in [0, 0.05) is 25.8 Å². The number of methoxy groups -OCH3 is 1. The molecular weight excluding hydrogens is 352 g/mol. The molecule has 0 atom stereocenters. The minimum Gasteiger partial charge on any atom is -0.495 e. The van der Waals surface area contributed by atoms with Crippen LogP contribution >= 0.6 is 11.6 Å². The summed E-state index contributed by atoms with van der Waals surface area (Å²) in [6.45, 7) is 2.02. The fourth-order valence-electron chi connectivity index (χ4n) is 3.28. The molecule has 7 nitrogen and oxygen atoms in total. The molecule has 0 unspecified atom stereocenters. The number of aryl methyl sites for hydroxylation is 1. The molecule has 0 aliphatic carbocycles. The number of piperidine rings is 1. The van der Waals surface area contributed by atoms with Gasteiger partial charge in [-0.1, -0.05) is 11.6 Å². The summed E-state index contributed by atoms with van der Waals surface area (Å²) in [6, 6.07) is 5.51. The van der Waals surface area contributed by atoms with Crippen LogP contribution in [0.5, 0.6) is 5.75 Å². The number of hydrogen-bond donors (Lipinski definition) is 1. The lowest BCUT2D eigenvalue weighted by molar-refractivity contribution is 0.415. The molecule has 1 N–H and O–H groups in total. The van der Waals surface area contributed by atoms with Crippen LogP contribution in [0.2, 0.25) is 5.02 Å². The van der Waals surface area contributed by atoms with Gasteiger partial charge in [0.25, 0.3) is 0 Å². The van der Waals surface area contributed by atoms with Gasteiger partial charge >= 0.3 is 0 Å². The molecule has 1 fully saturated rings. The van der Waals surface area contributed by atoms with Crippen LogP contribution in [0, 0.1) is 0 Å². The van der Waals surface area contributed by atoms with E-state index in [9.17, 15) is 0 Å². The number of halogens is 1. The van der Waals surface area contributed by atoms with Crippen molar-refractivity contribution in [1.82, 2.24) is 19.7 Å². The fraction of sp³-hybridized carbons (Fsp3) is 0.389. The molecule has 3 heterocycles. The molecular formula is C18H21ClN6O. The molecule has 1 aliphatic heterocycles. The zero-order valence-corrected chi connectivity index (χ0v) is 15.6. The summed E-state index contributed by atoms with van der Waals surface area (Å²) in [4.78, 5) is 11.7. The molecule has 0 radical (unpaired) electrons. The molecule has 8 heteroatoms. The summed E-state index contributed by atoms with van der Waals surface area (Å²) >= 11 is 6.22. The lowest BCUT2D eigenvalue weighted by Crippen LogP contribution is -2.30. The van der Waals surface area contributed by atoms with Crippen molar-refractivity contribution in [1.29, 1.82) is 0 Å². The summed E-state index contributed by atoms with van der Waals surface area (Å²) in [5, 5.41) is 9.13. The van der Waals surface area contributed by atoms with Crippen LogP contribution in [0.15, 0.2) is 24.4 Å². The van der Waals surface area contributed by atoms with E-state index >= 15 is 0 Å². The van der Waals surface area contributed by atoms with Crippen molar-refractivity contribution < 1.29 is 4.74 Å². The second-order valence-electron chi connectivity index (χ2n) is 6.40. The lowest BCUT2D eigenvalue weighted by Gasteiger charge is -2.28. The Morgan fingerprint density at radius 3 is 2.69 bits per heavy atom. The minimum absolute atomic E-state index is 0.530. The average molecular weight is 373 g/mol. The van der Waals surface area contributed by atoms with Crippen molar-refractivity contribution >= 4 is 40.1 Å². The van der Waals surface area contributed by atoms with E-state index in [1.807, 2.05) is 25.4 Å². The van der Waals surface area contributed by atoms with Gasteiger partial charge in [-0.25, -0.2) is 0 Å². The van der Waals surface area contributed by atoms with Gasteiger partial charge in [0.05, 0.1) is 23.7 Å². The van der Waals surface area contributed by atoms with Crippen LogP contribution in [0.3, 0.4) is 0 Å². The Bertz CT molecular complexity index is 935. The molecule has 0 amide bonds. The van der Waals surface area contributed by atoms with Crippen molar-refractivity contribution in [3.63, 3.8) is 0 Å². The van der Waals surface area contributed by atoms with Crippen LogP contribution in [0.25, 0.3) is 11.0 Å². The third-order valence-corrected chi connectivity index (χ3v) is 4.93. The quantitative estimate of drug-likeness (QED) is 0.752. The van der Waals surface area contributed by atoms with Gasteiger partial charge in [0.2, 0.25) is 5.95 Å². The maximum atomic E-state index is 6.22. The Kier molecular flexibility index (Phi) is 4.55. The van der Waals surface area contributed by atoms with Crippen molar-refractivity contribution in [2.24, 2.45) is 7.05 Å². The largest absolute Gasteiger partial charge is 0.495 e. The number of aromatic nitrogens is 4. The Morgan fingerprint density at radius 2 is 1.96 bits per heavy atom. The molecule has 1 saturated heterocycles. The SMILES string of the molecule is COc1ccc(Nc2nc(N3CCCCC3)c3cnn(C)c3n2)cc1Cl. The van der Waals surface area contributed by atoms with E-state index in [-0.39, 0.29) is 0 Å². The minimum atomic E-state index is 0.530. The van der Waals surface area contributed by atoms with Crippen molar-refractivity contribution in [2.45, 2.75) is 19.3 Å². The van der Waals surface area contributed by atoms with Gasteiger partial charge in [0.15, 0.2) is 5.65 Å². The van der Waals surface area contributed by atoms with E-state index in [1.54, 1.807) is 17.9 Å². The first-order valence-electron chi connectivity index (χ1n) is 8.71. The summed E-state index contributed by atoms with van der Waals surface area (Å²) in [7, 11) is 3.49. The topological polar surface area (TPSA) is 68.1 Å². The highest BCUT2D eigenvalue weighted by molar-refractivity contribution is 6.32. The highest BCUT2D eigenvalue weighted by Gasteiger charge is 2.19. The maximum Gasteiger partial charge on any atom is 0.231 e. The molecule has 0 saturated carbocycles. The predicted octanol–water partition coefficient (Wildman–Crippen LogP) is 3.76. The number of nitrogens with zero attached hydrogens (tertiary/aromatic N) is 5. The van der Waals surface area contributed by atoms with Crippen molar-refractivity contribution in [3.05, 3.63) is 29.4 Å². The van der Waals surface area contributed by atoms with Crippen molar-refractivity contribution in [3.8, 4) is 5.75 Å². The summed E-state index contributed by atoms with van der Waals surface area (Å²) < 4.78 is 6.98. The van der Waals surface area contributed by atoms with E-state index in [1.165, 1.54) is 19.3 Å². The first kappa shape index (κ1) is 16.9. The van der Waals surface area contributed by atoms with Gasteiger partial charge in [-0.2, -0.15) is 15.1 Å². The number of ether oxygens (including phenoxy) is 1. The lowest BCUT2D eigenvalue weighted by atomic mass is 10.1. The molecule has 26 heavy (non-hydrogen) atoms. The number of nitrogens with one attached hydrogen (secondary N) is 1. The van der Waals surface area contributed by atoms with Gasteiger partial charge in [-0.3, -0.25) is 4.68 Å². The molecule has 4 rings (SSSR count). The molecule has 2 aromatic heterocycles. The second kappa shape index (κ2) is 6.99. The molecule has 1 aromatic carbocycles. The van der Waals surface area contributed by atoms with Gasteiger partial charge in [-0.05, 0) is 37.5 Å². The fourth-order valence-corrected chi connectivity index (χ4v) is 3.54. The van der Waals surface area contributed by atoms with Crippen LogP contribution in [0.1, 0.15) is 19.3 Å². The van der Waals surface area contributed by atoms with E-state index < -0.39 is 0 Å². The van der Waals surface area contributed by atoms with Crippen LogP contribution in [-0.2, 0) is 7.05 Å². The monoisotopic (exact) mass is 372 g/mol. The summed E-state index contributed by atoms with van der Waals surface area (Å²) in [5.41, 5.74) is 1.62. The first-order valence-corrected chi connectivity index (χ1v) is 9.09. The van der Waals surface area contributed by atoms with Crippen LogP contribution < -0.4 is 15.0 Å². The number of rotatable bonds is 4. The average Bonchev–Trinajstić information content (AvgIpc) is 3.03. The predicted molar refractivity (Wildman–Crippen MR) is 104 cm³/mol. The maximum absolute atomic E-state index is 6.22. The van der Waals surface area contributed by atoms with Gasteiger partial charge in [0.1, 0.15) is 11.6 Å². The van der Waals surface area contributed by atoms with Crippen LogP contribution in [0.4, 0.5) is 17.5 Å². The van der Waals surface area contributed by atoms with Gasteiger partial charge < -0.3 is 15.0 Å². The Hall–Kier alpha value is -2.54. The van der Waals surface area contributed by atoms with E-state index in [0.29, 0.717) is 16.7 Å². The number of fused-ring (bicyclic) bond motifs is 1.